The van der Waals surface area contributed by atoms with Crippen molar-refractivity contribution in [1.82, 2.24) is 9.36 Å². The van der Waals surface area contributed by atoms with Gasteiger partial charge in [0, 0.05) is 29.2 Å². The van der Waals surface area contributed by atoms with Gasteiger partial charge in [-0.05, 0) is 48.0 Å². The van der Waals surface area contributed by atoms with Crippen LogP contribution in [-0.2, 0) is 14.6 Å². The van der Waals surface area contributed by atoms with E-state index >= 15 is 0 Å². The maximum absolute atomic E-state index is 12.3. The molecule has 0 aliphatic heterocycles. The van der Waals surface area contributed by atoms with Gasteiger partial charge < -0.3 is 9.47 Å². The van der Waals surface area contributed by atoms with E-state index in [0.29, 0.717) is 47.5 Å². The Hall–Kier alpha value is -3.46. The molecule has 0 unspecified atom stereocenters. The first kappa shape index (κ1) is 25.2. The van der Waals surface area contributed by atoms with Crippen LogP contribution in [0.15, 0.2) is 59.3 Å². The second-order valence-corrected chi connectivity index (χ2v) is 9.95. The van der Waals surface area contributed by atoms with Crippen molar-refractivity contribution in [2.75, 3.05) is 24.8 Å². The van der Waals surface area contributed by atoms with Crippen LogP contribution in [0.4, 0.5) is 5.13 Å². The van der Waals surface area contributed by atoms with Crippen LogP contribution in [-0.4, -0.2) is 43.2 Å². The minimum absolute atomic E-state index is 0.0182. The smallest absolute Gasteiger partial charge is 0.268 e. The number of amides is 1. The maximum atomic E-state index is 12.3. The number of hydrogen-bond donors (Lipinski definition) is 1. The van der Waals surface area contributed by atoms with Crippen molar-refractivity contribution in [3.63, 3.8) is 0 Å². The summed E-state index contributed by atoms with van der Waals surface area (Å²) in [4.78, 5) is 16.1. The summed E-state index contributed by atoms with van der Waals surface area (Å²) in [7, 11) is -3.59. The summed E-state index contributed by atoms with van der Waals surface area (Å²) >= 11 is 6.55. The number of nitriles is 1. The molecule has 0 spiro atoms. The fourth-order valence-corrected chi connectivity index (χ4v) is 4.09. The van der Waals surface area contributed by atoms with E-state index in [1.165, 1.54) is 6.08 Å². The van der Waals surface area contributed by atoms with E-state index in [0.717, 1.165) is 12.0 Å². The molecule has 3 aromatic rings. The zero-order chi connectivity index (χ0) is 24.6. The van der Waals surface area contributed by atoms with Crippen LogP contribution in [0.3, 0.4) is 0 Å². The van der Waals surface area contributed by atoms with Crippen LogP contribution < -0.4 is 14.8 Å². The van der Waals surface area contributed by atoms with Crippen LogP contribution in [0.25, 0.3) is 6.08 Å². The van der Waals surface area contributed by atoms with Crippen LogP contribution >= 0.6 is 23.1 Å². The number of nitrogens with one attached hydrogen (secondary N) is 1. The SMILES string of the molecule is CS(=O)(=O)c1nsc(NC(=O)/C(C#N)=C\c2ccc(OCCCOc3ccc(Cl)cc3)cc2)n1. The Morgan fingerprint density at radius 2 is 1.71 bits per heavy atom. The van der Waals surface area contributed by atoms with E-state index in [-0.39, 0.29) is 15.9 Å². The van der Waals surface area contributed by atoms with Gasteiger partial charge >= 0.3 is 0 Å². The maximum Gasteiger partial charge on any atom is 0.268 e. The molecule has 0 saturated carbocycles. The number of ether oxygens (including phenoxy) is 2. The van der Waals surface area contributed by atoms with Crippen molar-refractivity contribution < 1.29 is 22.7 Å². The van der Waals surface area contributed by atoms with Gasteiger partial charge in [-0.3, -0.25) is 10.1 Å². The Morgan fingerprint density at radius 3 is 2.24 bits per heavy atom. The van der Waals surface area contributed by atoms with E-state index in [1.54, 1.807) is 48.5 Å². The van der Waals surface area contributed by atoms with Crippen LogP contribution in [0.1, 0.15) is 12.0 Å². The van der Waals surface area contributed by atoms with Gasteiger partial charge in [0.15, 0.2) is 0 Å². The summed E-state index contributed by atoms with van der Waals surface area (Å²) < 4.78 is 37.8. The number of benzene rings is 2. The van der Waals surface area contributed by atoms with Crippen molar-refractivity contribution in [1.29, 1.82) is 5.26 Å². The molecule has 9 nitrogen and oxygen atoms in total. The molecule has 176 valence electrons. The molecule has 3 rings (SSSR count). The Morgan fingerprint density at radius 1 is 1.12 bits per heavy atom. The highest BCUT2D eigenvalue weighted by Crippen LogP contribution is 2.18. The van der Waals surface area contributed by atoms with E-state index in [9.17, 15) is 18.5 Å². The van der Waals surface area contributed by atoms with Gasteiger partial charge in [-0.25, -0.2) is 8.42 Å². The van der Waals surface area contributed by atoms with E-state index < -0.39 is 15.7 Å². The van der Waals surface area contributed by atoms with Crippen LogP contribution in [0, 0.1) is 11.3 Å². The molecule has 0 bridgehead atoms. The molecule has 1 N–H and O–H groups in total. The lowest BCUT2D eigenvalue weighted by Crippen LogP contribution is -2.13. The van der Waals surface area contributed by atoms with E-state index in [2.05, 4.69) is 14.7 Å². The minimum Gasteiger partial charge on any atom is -0.493 e. The topological polar surface area (TPSA) is 131 Å². The molecule has 1 heterocycles. The third-order valence-electron chi connectivity index (χ3n) is 4.16. The monoisotopic (exact) mass is 518 g/mol. The number of sulfone groups is 1. The Kier molecular flexibility index (Phi) is 8.59. The van der Waals surface area contributed by atoms with Crippen LogP contribution in [0.2, 0.25) is 5.02 Å². The second-order valence-electron chi connectivity index (χ2n) is 6.85. The number of anilines is 1. The van der Waals surface area contributed by atoms with Gasteiger partial charge in [-0.15, -0.1) is 0 Å². The van der Waals surface area contributed by atoms with Crippen LogP contribution in [0.5, 0.6) is 11.5 Å². The molecule has 0 radical (unpaired) electrons. The molecule has 2 aromatic carbocycles. The molecule has 34 heavy (non-hydrogen) atoms. The first-order chi connectivity index (χ1) is 16.2. The van der Waals surface area contributed by atoms with Gasteiger partial charge in [0.25, 0.3) is 11.1 Å². The molecular formula is C22H19ClN4O5S2. The number of aromatic nitrogens is 2. The first-order valence-corrected chi connectivity index (χ1v) is 12.9. The lowest BCUT2D eigenvalue weighted by Gasteiger charge is -2.08. The van der Waals surface area contributed by atoms with Gasteiger partial charge in [-0.2, -0.15) is 14.6 Å². The third kappa shape index (κ3) is 7.55. The Balaban J connectivity index is 1.49. The van der Waals surface area contributed by atoms with Gasteiger partial charge in [0.05, 0.1) is 13.2 Å². The molecule has 0 saturated heterocycles. The number of hydrogen-bond acceptors (Lipinski definition) is 9. The number of nitrogens with zero attached hydrogens (tertiary/aromatic N) is 3. The Bertz CT molecular complexity index is 1310. The highest BCUT2D eigenvalue weighted by Gasteiger charge is 2.17. The lowest BCUT2D eigenvalue weighted by molar-refractivity contribution is -0.112. The molecule has 0 aliphatic carbocycles. The van der Waals surface area contributed by atoms with Crippen molar-refractivity contribution in [2.24, 2.45) is 0 Å². The fraction of sp³-hybridized carbons (Fsp3) is 0.182. The van der Waals surface area contributed by atoms with Crippen molar-refractivity contribution >= 4 is 50.1 Å². The zero-order valence-corrected chi connectivity index (χ0v) is 20.3. The van der Waals surface area contributed by atoms with Gasteiger partial charge in [0.2, 0.25) is 15.0 Å². The summed E-state index contributed by atoms with van der Waals surface area (Å²) in [5.41, 5.74) is 0.434. The standard InChI is InChI=1S/C22H19ClN4O5S2/c1-34(29,30)22-26-21(33-27-22)25-20(28)16(14-24)13-15-3-7-18(8-4-15)31-11-2-12-32-19-9-5-17(23)6-10-19/h3-10,13H,2,11-12H2,1H3,(H,25,26,27,28)/b16-13-. The molecule has 0 atom stereocenters. The second kappa shape index (κ2) is 11.6. The summed E-state index contributed by atoms with van der Waals surface area (Å²) in [6.07, 6.45) is 3.04. The van der Waals surface area contributed by atoms with E-state index in [1.807, 2.05) is 6.07 Å². The first-order valence-electron chi connectivity index (χ1n) is 9.83. The normalized spacial score (nSPS) is 11.5. The molecular weight excluding hydrogens is 500 g/mol. The highest BCUT2D eigenvalue weighted by atomic mass is 35.5. The van der Waals surface area contributed by atoms with Gasteiger partial charge in [0.1, 0.15) is 23.1 Å². The fourth-order valence-electron chi connectivity index (χ4n) is 2.52. The zero-order valence-electron chi connectivity index (χ0n) is 17.9. The number of carbonyl (C=O) groups excluding carboxylic acids is 1. The third-order valence-corrected chi connectivity index (χ3v) is 6.00. The lowest BCUT2D eigenvalue weighted by atomic mass is 10.1. The average Bonchev–Trinajstić information content (AvgIpc) is 3.28. The average molecular weight is 519 g/mol. The molecule has 0 aliphatic rings. The van der Waals surface area contributed by atoms with Crippen molar-refractivity contribution in [3.8, 4) is 17.6 Å². The predicted octanol–water partition coefficient (Wildman–Crippen LogP) is 3.99. The largest absolute Gasteiger partial charge is 0.493 e. The van der Waals surface area contributed by atoms with E-state index in [4.69, 9.17) is 21.1 Å². The molecule has 1 amide bonds. The summed E-state index contributed by atoms with van der Waals surface area (Å²) in [6, 6.07) is 15.8. The summed E-state index contributed by atoms with van der Waals surface area (Å²) in [6.45, 7) is 0.940. The van der Waals surface area contributed by atoms with Crippen molar-refractivity contribution in [2.45, 2.75) is 11.6 Å². The molecule has 0 fully saturated rings. The van der Waals surface area contributed by atoms with Gasteiger partial charge in [-0.1, -0.05) is 23.7 Å². The molecule has 12 heteroatoms. The summed E-state index contributed by atoms with van der Waals surface area (Å²) in [5, 5.41) is 12.0. The Labute approximate surface area is 205 Å². The minimum atomic E-state index is -3.59. The highest BCUT2D eigenvalue weighted by molar-refractivity contribution is 7.90. The number of rotatable bonds is 10. The summed E-state index contributed by atoms with van der Waals surface area (Å²) in [5.74, 6) is 0.647. The quantitative estimate of drug-likeness (QED) is 0.242. The predicted molar refractivity (Wildman–Crippen MR) is 129 cm³/mol. The number of halogens is 1. The number of carbonyl (C=O) groups is 1. The van der Waals surface area contributed by atoms with Crippen molar-refractivity contribution in [3.05, 3.63) is 64.7 Å². The molecule has 1 aromatic heterocycles.